The maximum Gasteiger partial charge on any atom is 0.305 e. The molecular formula is C22H23N3O4S. The van der Waals surface area contributed by atoms with E-state index in [1.165, 1.54) is 0 Å². The van der Waals surface area contributed by atoms with Gasteiger partial charge in [0.15, 0.2) is 0 Å². The second kappa shape index (κ2) is 8.62. The van der Waals surface area contributed by atoms with Crippen LogP contribution in [0.1, 0.15) is 9.67 Å². The van der Waals surface area contributed by atoms with Gasteiger partial charge in [0.25, 0.3) is 5.91 Å². The summed E-state index contributed by atoms with van der Waals surface area (Å²) in [5.74, 6) is 1.35. The van der Waals surface area contributed by atoms with Crippen LogP contribution < -0.4 is 19.2 Å². The smallest absolute Gasteiger partial charge is 0.305 e. The number of anilines is 1. The summed E-state index contributed by atoms with van der Waals surface area (Å²) in [6, 6.07) is 15.2. The topological polar surface area (TPSA) is 74.9 Å². The fourth-order valence-electron chi connectivity index (χ4n) is 3.57. The molecule has 1 N–H and O–H groups in total. The van der Waals surface area contributed by atoms with E-state index in [0.717, 1.165) is 34.1 Å². The number of nitrogens with zero attached hydrogens (tertiary/aromatic N) is 2. The molecular weight excluding hydrogens is 402 g/mol. The van der Waals surface area contributed by atoms with Crippen LogP contribution in [0.25, 0.3) is 11.3 Å². The number of amides is 1. The maximum atomic E-state index is 13.2. The van der Waals surface area contributed by atoms with Crippen molar-refractivity contribution in [2.75, 3.05) is 45.3 Å². The Hall–Kier alpha value is -3.26. The Kier molecular flexibility index (Phi) is 5.76. The van der Waals surface area contributed by atoms with Gasteiger partial charge in [0, 0.05) is 50.1 Å². The van der Waals surface area contributed by atoms with Gasteiger partial charge in [0.2, 0.25) is 0 Å². The van der Waals surface area contributed by atoms with Crippen molar-refractivity contribution in [3.8, 4) is 22.8 Å². The summed E-state index contributed by atoms with van der Waals surface area (Å²) in [5.41, 5.74) is 2.42. The number of nitrogens with one attached hydrogen (secondary N) is 1. The fraction of sp³-hybridized carbons (Fsp3) is 0.273. The predicted molar refractivity (Wildman–Crippen MR) is 118 cm³/mol. The van der Waals surface area contributed by atoms with Crippen molar-refractivity contribution in [2.45, 2.75) is 0 Å². The average molecular weight is 426 g/mol. The molecule has 4 rings (SSSR count). The summed E-state index contributed by atoms with van der Waals surface area (Å²) in [4.78, 5) is 32.2. The summed E-state index contributed by atoms with van der Waals surface area (Å²) in [6.45, 7) is 2.50. The zero-order valence-corrected chi connectivity index (χ0v) is 17.7. The van der Waals surface area contributed by atoms with E-state index in [-0.39, 0.29) is 10.8 Å². The van der Waals surface area contributed by atoms with Crippen LogP contribution in [-0.2, 0) is 0 Å². The highest BCUT2D eigenvalue weighted by Gasteiger charge is 2.27. The van der Waals surface area contributed by atoms with Gasteiger partial charge >= 0.3 is 4.87 Å². The van der Waals surface area contributed by atoms with E-state index in [4.69, 9.17) is 9.47 Å². The zero-order chi connectivity index (χ0) is 21.1. The van der Waals surface area contributed by atoms with E-state index in [0.29, 0.717) is 36.8 Å². The van der Waals surface area contributed by atoms with E-state index in [9.17, 15) is 9.59 Å². The lowest BCUT2D eigenvalue weighted by Gasteiger charge is -2.36. The largest absolute Gasteiger partial charge is 0.497 e. The Morgan fingerprint density at radius 2 is 1.60 bits per heavy atom. The number of ether oxygens (including phenoxy) is 2. The van der Waals surface area contributed by atoms with E-state index >= 15 is 0 Å². The lowest BCUT2D eigenvalue weighted by atomic mass is 10.1. The number of carbonyl (C=O) groups excluding carboxylic acids is 1. The van der Waals surface area contributed by atoms with Crippen molar-refractivity contribution < 1.29 is 14.3 Å². The van der Waals surface area contributed by atoms with Crippen LogP contribution in [0.2, 0.25) is 0 Å². The second-order valence-corrected chi connectivity index (χ2v) is 7.92. The van der Waals surface area contributed by atoms with Crippen LogP contribution >= 0.6 is 11.3 Å². The molecule has 0 saturated carbocycles. The fourth-order valence-corrected chi connectivity index (χ4v) is 4.40. The standard InChI is InChI=1S/C22H23N3O4S/c1-28-17-12-16(13-18(14-17)29-2)24-8-10-25(11-9-24)21(26)20-19(23-22(27)30-20)15-6-4-3-5-7-15/h3-7,12-14H,8-11H2,1-2H3,(H,23,27). The molecule has 1 amide bonds. The number of H-pyrrole nitrogens is 1. The van der Waals surface area contributed by atoms with Crippen molar-refractivity contribution in [1.82, 2.24) is 9.88 Å². The lowest BCUT2D eigenvalue weighted by molar-refractivity contribution is 0.0752. The number of aromatic nitrogens is 1. The summed E-state index contributed by atoms with van der Waals surface area (Å²) in [6.07, 6.45) is 0. The number of thiazole rings is 1. The maximum absolute atomic E-state index is 13.2. The third-order valence-corrected chi connectivity index (χ3v) is 6.04. The van der Waals surface area contributed by atoms with Crippen LogP contribution in [0.4, 0.5) is 5.69 Å². The Morgan fingerprint density at radius 1 is 0.967 bits per heavy atom. The number of aromatic amines is 1. The first kappa shape index (κ1) is 20.0. The quantitative estimate of drug-likeness (QED) is 0.680. The minimum Gasteiger partial charge on any atom is -0.497 e. The van der Waals surface area contributed by atoms with Crippen molar-refractivity contribution in [3.63, 3.8) is 0 Å². The van der Waals surface area contributed by atoms with Gasteiger partial charge < -0.3 is 24.3 Å². The van der Waals surface area contributed by atoms with Gasteiger partial charge in [-0.2, -0.15) is 0 Å². The zero-order valence-electron chi connectivity index (χ0n) is 16.9. The molecule has 30 heavy (non-hydrogen) atoms. The highest BCUT2D eigenvalue weighted by Crippen LogP contribution is 2.30. The third kappa shape index (κ3) is 4.04. The first-order chi connectivity index (χ1) is 14.6. The third-order valence-electron chi connectivity index (χ3n) is 5.17. The molecule has 2 heterocycles. The normalized spacial score (nSPS) is 13.9. The summed E-state index contributed by atoms with van der Waals surface area (Å²) < 4.78 is 10.7. The Balaban J connectivity index is 1.50. The first-order valence-electron chi connectivity index (χ1n) is 9.65. The average Bonchev–Trinajstić information content (AvgIpc) is 3.20. The Bertz CT molecular complexity index is 1060. The molecule has 0 atom stereocenters. The minimum absolute atomic E-state index is 0.111. The Labute approximate surface area is 178 Å². The van der Waals surface area contributed by atoms with Crippen LogP contribution in [0.5, 0.6) is 11.5 Å². The van der Waals surface area contributed by atoms with Crippen molar-refractivity contribution in [3.05, 3.63) is 63.1 Å². The number of methoxy groups -OCH3 is 2. The van der Waals surface area contributed by atoms with Crippen molar-refractivity contribution in [1.29, 1.82) is 0 Å². The molecule has 0 radical (unpaired) electrons. The molecule has 0 spiro atoms. The SMILES string of the molecule is COc1cc(OC)cc(N2CCN(C(=O)c3sc(=O)[nH]c3-c3ccccc3)CC2)c1. The molecule has 7 nitrogen and oxygen atoms in total. The number of hydrogen-bond acceptors (Lipinski definition) is 6. The van der Waals surface area contributed by atoms with Gasteiger partial charge in [0.1, 0.15) is 16.4 Å². The molecule has 1 aliphatic rings. The van der Waals surface area contributed by atoms with Crippen LogP contribution in [0, 0.1) is 0 Å². The summed E-state index contributed by atoms with van der Waals surface area (Å²) in [7, 11) is 3.25. The van der Waals surface area contributed by atoms with Gasteiger partial charge in [0.05, 0.1) is 19.9 Å². The number of hydrogen-bond donors (Lipinski definition) is 1. The number of piperazine rings is 1. The van der Waals surface area contributed by atoms with Crippen LogP contribution in [0.15, 0.2) is 53.3 Å². The highest BCUT2D eigenvalue weighted by atomic mass is 32.1. The summed E-state index contributed by atoms with van der Waals surface area (Å²) in [5, 5.41) is 0. The summed E-state index contributed by atoms with van der Waals surface area (Å²) >= 11 is 0.969. The van der Waals surface area contributed by atoms with E-state index in [1.54, 1.807) is 19.1 Å². The van der Waals surface area contributed by atoms with E-state index < -0.39 is 0 Å². The predicted octanol–water partition coefficient (Wildman–Crippen LogP) is 3.08. The van der Waals surface area contributed by atoms with E-state index in [1.807, 2.05) is 48.5 Å². The molecule has 0 aliphatic carbocycles. The van der Waals surface area contributed by atoms with Crippen molar-refractivity contribution in [2.24, 2.45) is 0 Å². The van der Waals surface area contributed by atoms with Gasteiger partial charge in [-0.3, -0.25) is 9.59 Å². The molecule has 1 saturated heterocycles. The number of rotatable bonds is 5. The number of benzene rings is 2. The molecule has 0 unspecified atom stereocenters. The highest BCUT2D eigenvalue weighted by molar-refractivity contribution is 7.11. The molecule has 1 fully saturated rings. The van der Waals surface area contributed by atoms with Crippen LogP contribution in [-0.4, -0.2) is 56.2 Å². The van der Waals surface area contributed by atoms with Crippen molar-refractivity contribution >= 4 is 22.9 Å². The van der Waals surface area contributed by atoms with Gasteiger partial charge in [-0.25, -0.2) is 0 Å². The molecule has 2 aromatic carbocycles. The molecule has 1 aliphatic heterocycles. The van der Waals surface area contributed by atoms with E-state index in [2.05, 4.69) is 9.88 Å². The molecule has 0 bridgehead atoms. The number of carbonyl (C=O) groups is 1. The molecule has 3 aromatic rings. The second-order valence-electron chi connectivity index (χ2n) is 6.93. The monoisotopic (exact) mass is 425 g/mol. The Morgan fingerprint density at radius 3 is 2.20 bits per heavy atom. The molecule has 1 aromatic heterocycles. The first-order valence-corrected chi connectivity index (χ1v) is 10.5. The lowest BCUT2D eigenvalue weighted by Crippen LogP contribution is -2.48. The van der Waals surface area contributed by atoms with Gasteiger partial charge in [-0.05, 0) is 5.56 Å². The molecule has 8 heteroatoms. The minimum atomic E-state index is -0.223. The van der Waals surface area contributed by atoms with Gasteiger partial charge in [-0.1, -0.05) is 41.7 Å². The van der Waals surface area contributed by atoms with Crippen LogP contribution in [0.3, 0.4) is 0 Å². The van der Waals surface area contributed by atoms with Gasteiger partial charge in [-0.15, -0.1) is 0 Å². The molecule has 156 valence electrons.